The van der Waals surface area contributed by atoms with Gasteiger partial charge in [-0.1, -0.05) is 88.7 Å². The molecule has 3 aromatic carbocycles. The molecule has 2 heterocycles. The molecule has 0 saturated carbocycles. The molecular weight excluding hydrogens is 723 g/mol. The number of aromatic nitrogens is 1. The number of pyridine rings is 1. The Morgan fingerprint density at radius 3 is 2.23 bits per heavy atom. The molecule has 0 spiro atoms. The molecular formula is C39H44IrNO3-. The summed E-state index contributed by atoms with van der Waals surface area (Å²) in [5, 5.41) is 14.6. The van der Waals surface area contributed by atoms with Crippen molar-refractivity contribution in [1.82, 2.24) is 4.98 Å². The zero-order chi connectivity index (χ0) is 31.1. The van der Waals surface area contributed by atoms with Gasteiger partial charge in [-0.25, -0.2) is 0 Å². The fourth-order valence-electron chi connectivity index (χ4n) is 6.79. The third kappa shape index (κ3) is 5.66. The number of benzene rings is 3. The summed E-state index contributed by atoms with van der Waals surface area (Å²) in [4.78, 5) is 16.6. The van der Waals surface area contributed by atoms with Gasteiger partial charge in [-0.15, -0.1) is 23.3 Å². The molecule has 0 saturated heterocycles. The maximum Gasteiger partial charge on any atom is 0.162 e. The Kier molecular flexibility index (Phi) is 10.2. The van der Waals surface area contributed by atoms with Gasteiger partial charge in [0.25, 0.3) is 0 Å². The molecule has 44 heavy (non-hydrogen) atoms. The fourth-order valence-corrected chi connectivity index (χ4v) is 6.79. The topological polar surface area (TPSA) is 63.3 Å². The van der Waals surface area contributed by atoms with E-state index >= 15 is 0 Å². The maximum absolute atomic E-state index is 11.7. The molecule has 0 aliphatic heterocycles. The molecule has 6 rings (SSSR count). The van der Waals surface area contributed by atoms with Crippen molar-refractivity contribution >= 4 is 38.5 Å². The van der Waals surface area contributed by atoms with Crippen molar-refractivity contribution < 1.29 is 34.4 Å². The van der Waals surface area contributed by atoms with Crippen LogP contribution in [0.4, 0.5) is 0 Å². The first-order chi connectivity index (χ1) is 20.6. The summed E-state index contributed by atoms with van der Waals surface area (Å²) in [7, 11) is 0. The molecule has 1 radical (unpaired) electrons. The fraction of sp³-hybridized carbons (Fsp3) is 0.385. The number of aryl methyl sites for hydroxylation is 2. The minimum atomic E-state index is -0.204. The van der Waals surface area contributed by atoms with E-state index in [0.29, 0.717) is 0 Å². The number of hydrogen-bond donors (Lipinski definition) is 1. The van der Waals surface area contributed by atoms with E-state index in [-0.39, 0.29) is 48.9 Å². The summed E-state index contributed by atoms with van der Waals surface area (Å²) in [6.45, 7) is 16.9. The molecule has 0 fully saturated rings. The van der Waals surface area contributed by atoms with E-state index in [0.717, 1.165) is 64.6 Å². The Morgan fingerprint density at radius 1 is 0.932 bits per heavy atom. The third-order valence-corrected chi connectivity index (χ3v) is 9.49. The van der Waals surface area contributed by atoms with E-state index in [1.54, 1.807) is 0 Å². The van der Waals surface area contributed by atoms with Gasteiger partial charge in [0, 0.05) is 66.2 Å². The van der Waals surface area contributed by atoms with Crippen molar-refractivity contribution in [2.45, 2.75) is 86.5 Å². The van der Waals surface area contributed by atoms with Crippen LogP contribution in [0.2, 0.25) is 0 Å². The average Bonchev–Trinajstić information content (AvgIpc) is 3.37. The van der Waals surface area contributed by atoms with Gasteiger partial charge in [0.1, 0.15) is 11.2 Å². The Labute approximate surface area is 275 Å². The van der Waals surface area contributed by atoms with Gasteiger partial charge in [0.2, 0.25) is 0 Å². The number of allylic oxidation sites excluding steroid dienone is 2. The molecule has 1 N–H and O–H groups in total. The standard InChI is InChI=1S/C26H20NO.C13H24O2.Ir/c1-14-9-12-19-20-21-23(27-13-15(2)25(21)28-24(14)20)18-11-10-16-7-5-6-8-17(16)22(18)26(19,3)4;1-5-10(6-2)12(14)9-13(15)11(7-3)8-4;/h5-10,12-13H,1-4H3;9-11,14H,5-8H2,1-4H3;/q-1;;/b;12-9-;. The molecule has 5 heteroatoms. The van der Waals surface area contributed by atoms with Crippen molar-refractivity contribution in [2.75, 3.05) is 0 Å². The van der Waals surface area contributed by atoms with Crippen molar-refractivity contribution in [3.8, 4) is 11.3 Å². The number of nitrogens with zero attached hydrogens (tertiary/aromatic N) is 1. The van der Waals surface area contributed by atoms with Gasteiger partial charge < -0.3 is 14.5 Å². The van der Waals surface area contributed by atoms with Gasteiger partial charge in [-0.05, 0) is 56.1 Å². The quantitative estimate of drug-likeness (QED) is 0.102. The van der Waals surface area contributed by atoms with Crippen molar-refractivity contribution in [2.24, 2.45) is 11.8 Å². The van der Waals surface area contributed by atoms with Crippen LogP contribution in [0, 0.1) is 31.7 Å². The van der Waals surface area contributed by atoms with Crippen LogP contribution in [0.1, 0.15) is 89.5 Å². The van der Waals surface area contributed by atoms with Crippen LogP contribution < -0.4 is 0 Å². The van der Waals surface area contributed by atoms with Crippen LogP contribution in [0.5, 0.6) is 0 Å². The van der Waals surface area contributed by atoms with Crippen LogP contribution in [0.3, 0.4) is 0 Å². The van der Waals surface area contributed by atoms with Gasteiger partial charge >= 0.3 is 0 Å². The summed E-state index contributed by atoms with van der Waals surface area (Å²) in [6, 6.07) is 18.7. The van der Waals surface area contributed by atoms with E-state index in [1.165, 1.54) is 33.4 Å². The predicted octanol–water partition coefficient (Wildman–Crippen LogP) is 10.7. The predicted molar refractivity (Wildman–Crippen MR) is 179 cm³/mol. The molecule has 1 aliphatic rings. The number of furan rings is 1. The smallest absolute Gasteiger partial charge is 0.162 e. The summed E-state index contributed by atoms with van der Waals surface area (Å²) < 4.78 is 6.41. The Balaban J connectivity index is 0.000000239. The minimum Gasteiger partial charge on any atom is -0.512 e. The van der Waals surface area contributed by atoms with E-state index < -0.39 is 0 Å². The van der Waals surface area contributed by atoms with Crippen LogP contribution in [0.15, 0.2) is 64.9 Å². The molecule has 5 aromatic rings. The molecule has 233 valence electrons. The largest absolute Gasteiger partial charge is 0.512 e. The molecule has 0 atom stereocenters. The van der Waals surface area contributed by atoms with Crippen molar-refractivity contribution in [1.29, 1.82) is 0 Å². The number of aliphatic hydroxyl groups excluding tert-OH is 1. The van der Waals surface area contributed by atoms with Crippen LogP contribution in [-0.2, 0) is 30.3 Å². The number of aliphatic hydroxyl groups is 1. The van der Waals surface area contributed by atoms with E-state index in [9.17, 15) is 9.90 Å². The third-order valence-electron chi connectivity index (χ3n) is 9.49. The molecule has 0 unspecified atom stereocenters. The Hall–Kier alpha value is -3.27. The second-order valence-corrected chi connectivity index (χ2v) is 12.5. The number of hydrogen-bond acceptors (Lipinski definition) is 4. The second kappa shape index (κ2) is 13.4. The van der Waals surface area contributed by atoms with Crippen LogP contribution >= 0.6 is 0 Å². The minimum absolute atomic E-state index is 0. The van der Waals surface area contributed by atoms with E-state index in [4.69, 9.17) is 9.40 Å². The average molecular weight is 767 g/mol. The van der Waals surface area contributed by atoms with Gasteiger partial charge in [-0.2, -0.15) is 0 Å². The molecule has 0 amide bonds. The van der Waals surface area contributed by atoms with E-state index in [2.05, 4.69) is 76.2 Å². The van der Waals surface area contributed by atoms with Gasteiger partial charge in [-0.3, -0.25) is 4.79 Å². The maximum atomic E-state index is 11.7. The van der Waals surface area contributed by atoms with Gasteiger partial charge in [0.05, 0.1) is 5.76 Å². The van der Waals surface area contributed by atoms with Crippen LogP contribution in [0.25, 0.3) is 44.0 Å². The zero-order valence-corrected chi connectivity index (χ0v) is 29.6. The summed E-state index contributed by atoms with van der Waals surface area (Å²) in [5.41, 5.74) is 8.62. The molecule has 2 aromatic heterocycles. The van der Waals surface area contributed by atoms with E-state index in [1.807, 2.05) is 33.9 Å². The number of carbonyl (C=O) groups excluding carboxylic acids is 1. The first-order valence-corrected chi connectivity index (χ1v) is 15.8. The monoisotopic (exact) mass is 767 g/mol. The molecule has 0 bridgehead atoms. The molecule has 1 aliphatic carbocycles. The number of carbonyl (C=O) groups is 1. The normalized spacial score (nSPS) is 13.6. The Morgan fingerprint density at radius 2 is 1.57 bits per heavy atom. The van der Waals surface area contributed by atoms with Crippen molar-refractivity contribution in [3.05, 3.63) is 88.8 Å². The summed E-state index contributed by atoms with van der Waals surface area (Å²) in [5.74, 6) is 0.547. The first kappa shape index (κ1) is 33.6. The second-order valence-electron chi connectivity index (χ2n) is 12.5. The Bertz CT molecular complexity index is 1850. The van der Waals surface area contributed by atoms with Crippen molar-refractivity contribution in [3.63, 3.8) is 0 Å². The number of fused-ring (bicyclic) bond motifs is 4. The zero-order valence-electron chi connectivity index (χ0n) is 27.2. The van der Waals surface area contributed by atoms with Gasteiger partial charge in [0.15, 0.2) is 5.78 Å². The summed E-state index contributed by atoms with van der Waals surface area (Å²) in [6.07, 6.45) is 6.84. The number of rotatable bonds is 7. The SMILES string of the molecule is CCC(CC)C(=O)/C=C(\O)C(CC)CC.Cc1ccc2c3c1oc1c(C)cnc(c13)-c1[c-]cc3ccccc3c1C2(C)C.[Ir]. The summed E-state index contributed by atoms with van der Waals surface area (Å²) >= 11 is 0. The number of ketones is 1. The first-order valence-electron chi connectivity index (χ1n) is 15.8. The molecule has 4 nitrogen and oxygen atoms in total. The van der Waals surface area contributed by atoms with Crippen LogP contribution in [-0.4, -0.2) is 15.9 Å².